The third-order valence-corrected chi connectivity index (χ3v) is 6.10. The summed E-state index contributed by atoms with van der Waals surface area (Å²) in [5.74, 6) is -0.490. The SMILES string of the molecule is O=C(NC1CCN(C(=O)CO[C@H]2C[C@@H](OC(F)(F)F)C2)CC1)c1ccc2cc(Cl)ccc2n1. The number of hydrogen-bond acceptors (Lipinski definition) is 5. The van der Waals surface area contributed by atoms with Crippen molar-refractivity contribution in [2.45, 2.75) is 50.3 Å². The van der Waals surface area contributed by atoms with Gasteiger partial charge in [0.2, 0.25) is 5.91 Å². The van der Waals surface area contributed by atoms with Crippen LogP contribution in [0.1, 0.15) is 36.2 Å². The molecule has 1 N–H and O–H groups in total. The molecule has 0 spiro atoms. The normalized spacial score (nSPS) is 21.6. The maximum atomic E-state index is 12.6. The number of amides is 2. The van der Waals surface area contributed by atoms with Crippen molar-refractivity contribution < 1.29 is 32.2 Å². The number of nitrogens with zero attached hydrogens (tertiary/aromatic N) is 2. The van der Waals surface area contributed by atoms with E-state index in [2.05, 4.69) is 15.0 Å². The highest BCUT2D eigenvalue weighted by Crippen LogP contribution is 2.32. The van der Waals surface area contributed by atoms with E-state index >= 15 is 0 Å². The highest BCUT2D eigenvalue weighted by molar-refractivity contribution is 6.31. The van der Waals surface area contributed by atoms with Crippen molar-refractivity contribution in [3.63, 3.8) is 0 Å². The first-order valence-corrected chi connectivity index (χ1v) is 11.1. The van der Waals surface area contributed by atoms with Gasteiger partial charge in [-0.15, -0.1) is 13.2 Å². The van der Waals surface area contributed by atoms with Crippen molar-refractivity contribution >= 4 is 34.3 Å². The van der Waals surface area contributed by atoms with Gasteiger partial charge in [-0.1, -0.05) is 17.7 Å². The molecule has 2 fully saturated rings. The predicted molar refractivity (Wildman–Crippen MR) is 114 cm³/mol. The van der Waals surface area contributed by atoms with E-state index in [1.54, 1.807) is 35.2 Å². The van der Waals surface area contributed by atoms with E-state index < -0.39 is 18.6 Å². The highest BCUT2D eigenvalue weighted by Gasteiger charge is 2.41. The van der Waals surface area contributed by atoms with Crippen molar-refractivity contribution in [3.8, 4) is 0 Å². The van der Waals surface area contributed by atoms with Crippen LogP contribution in [0.4, 0.5) is 13.2 Å². The molecule has 1 aliphatic heterocycles. The van der Waals surface area contributed by atoms with Crippen LogP contribution in [0.15, 0.2) is 30.3 Å². The molecule has 0 unspecified atom stereocenters. The van der Waals surface area contributed by atoms with E-state index in [9.17, 15) is 22.8 Å². The van der Waals surface area contributed by atoms with Gasteiger partial charge in [-0.25, -0.2) is 4.98 Å². The van der Waals surface area contributed by atoms with Gasteiger partial charge < -0.3 is 15.0 Å². The Kier molecular flexibility index (Phi) is 7.06. The van der Waals surface area contributed by atoms with Gasteiger partial charge in [0.1, 0.15) is 12.3 Å². The summed E-state index contributed by atoms with van der Waals surface area (Å²) in [6.07, 6.45) is -4.53. The Morgan fingerprint density at radius 1 is 1.12 bits per heavy atom. The molecule has 11 heteroatoms. The molecule has 2 aromatic rings. The molecule has 1 saturated carbocycles. The first-order valence-electron chi connectivity index (χ1n) is 10.7. The van der Waals surface area contributed by atoms with Crippen LogP contribution in [0.5, 0.6) is 0 Å². The molecule has 2 heterocycles. The number of alkyl halides is 3. The number of benzene rings is 1. The lowest BCUT2D eigenvalue weighted by atomic mass is 9.92. The Morgan fingerprint density at radius 2 is 1.85 bits per heavy atom. The number of rotatable bonds is 6. The summed E-state index contributed by atoms with van der Waals surface area (Å²) in [4.78, 5) is 30.9. The molecule has 0 atom stereocenters. The van der Waals surface area contributed by atoms with Gasteiger partial charge >= 0.3 is 6.36 Å². The van der Waals surface area contributed by atoms with Crippen LogP contribution in [0.2, 0.25) is 5.02 Å². The quantitative estimate of drug-likeness (QED) is 0.675. The molecule has 1 saturated heterocycles. The van der Waals surface area contributed by atoms with Crippen LogP contribution in [-0.2, 0) is 14.3 Å². The first kappa shape index (κ1) is 23.7. The van der Waals surface area contributed by atoms with Crippen molar-refractivity contribution in [2.75, 3.05) is 19.7 Å². The zero-order valence-corrected chi connectivity index (χ0v) is 18.4. The van der Waals surface area contributed by atoms with Crippen molar-refractivity contribution in [3.05, 3.63) is 41.0 Å². The molecule has 1 aliphatic carbocycles. The number of ether oxygens (including phenoxy) is 2. The van der Waals surface area contributed by atoms with Gasteiger partial charge in [-0.2, -0.15) is 0 Å². The fraction of sp³-hybridized carbons (Fsp3) is 0.500. The molecular weight excluding hydrogens is 463 g/mol. The fourth-order valence-corrected chi connectivity index (χ4v) is 4.16. The van der Waals surface area contributed by atoms with E-state index in [1.807, 2.05) is 0 Å². The molecule has 33 heavy (non-hydrogen) atoms. The van der Waals surface area contributed by atoms with Gasteiger partial charge in [0.25, 0.3) is 5.91 Å². The van der Waals surface area contributed by atoms with Crippen molar-refractivity contribution in [2.24, 2.45) is 0 Å². The Balaban J connectivity index is 1.18. The number of carbonyl (C=O) groups is 2. The van der Waals surface area contributed by atoms with Crippen LogP contribution in [0.3, 0.4) is 0 Å². The van der Waals surface area contributed by atoms with E-state index in [4.69, 9.17) is 16.3 Å². The number of halogens is 4. The van der Waals surface area contributed by atoms with Crippen LogP contribution < -0.4 is 5.32 Å². The molecule has 0 bridgehead atoms. The van der Waals surface area contributed by atoms with Crippen LogP contribution in [-0.4, -0.2) is 66.0 Å². The van der Waals surface area contributed by atoms with Crippen LogP contribution in [0.25, 0.3) is 10.9 Å². The number of hydrogen-bond donors (Lipinski definition) is 1. The number of carbonyl (C=O) groups excluding carboxylic acids is 2. The maximum absolute atomic E-state index is 12.6. The Bertz CT molecular complexity index is 1020. The topological polar surface area (TPSA) is 80.8 Å². The Hall–Kier alpha value is -2.43. The standard InChI is InChI=1S/C22H23ClF3N3O4/c23-14-2-4-18-13(9-14)1-3-19(28-18)21(31)27-15-5-7-29(8-6-15)20(30)12-32-16-10-17(11-16)33-22(24,25)26/h1-4,9,15-17H,5-8,10-12H2,(H,27,31)/t16-,17+. The average Bonchev–Trinajstić information content (AvgIpc) is 2.74. The van der Waals surface area contributed by atoms with Gasteiger partial charge in [-0.05, 0) is 37.1 Å². The fourth-order valence-electron chi connectivity index (χ4n) is 3.97. The minimum absolute atomic E-state index is 0.0860. The smallest absolute Gasteiger partial charge is 0.368 e. The lowest BCUT2D eigenvalue weighted by Gasteiger charge is -2.36. The second-order valence-corrected chi connectivity index (χ2v) is 8.69. The summed E-state index contributed by atoms with van der Waals surface area (Å²) in [7, 11) is 0. The van der Waals surface area contributed by atoms with Gasteiger partial charge in [0, 0.05) is 42.4 Å². The zero-order chi connectivity index (χ0) is 23.6. The summed E-state index contributed by atoms with van der Waals surface area (Å²) in [5, 5.41) is 4.40. The lowest BCUT2D eigenvalue weighted by molar-refractivity contribution is -0.357. The number of piperidine rings is 1. The first-order chi connectivity index (χ1) is 15.7. The second kappa shape index (κ2) is 9.82. The highest BCUT2D eigenvalue weighted by atomic mass is 35.5. The molecule has 1 aromatic heterocycles. The molecule has 7 nitrogen and oxygen atoms in total. The van der Waals surface area contributed by atoms with Crippen molar-refractivity contribution in [1.82, 2.24) is 15.2 Å². The predicted octanol–water partition coefficient (Wildman–Crippen LogP) is 3.69. The Labute approximate surface area is 193 Å². The number of fused-ring (bicyclic) bond motifs is 1. The number of likely N-dealkylation sites (tertiary alicyclic amines) is 1. The summed E-state index contributed by atoms with van der Waals surface area (Å²) < 4.78 is 45.7. The summed E-state index contributed by atoms with van der Waals surface area (Å²) in [6.45, 7) is 0.744. The van der Waals surface area contributed by atoms with E-state index in [-0.39, 0.29) is 37.3 Å². The number of aromatic nitrogens is 1. The van der Waals surface area contributed by atoms with Gasteiger partial charge in [-0.3, -0.25) is 14.3 Å². The molecule has 4 rings (SSSR count). The van der Waals surface area contributed by atoms with Crippen LogP contribution in [0, 0.1) is 0 Å². The summed E-state index contributed by atoms with van der Waals surface area (Å²) in [6, 6.07) is 8.61. The molecule has 2 amide bonds. The third-order valence-electron chi connectivity index (χ3n) is 5.86. The van der Waals surface area contributed by atoms with E-state index in [1.165, 1.54) is 0 Å². The Morgan fingerprint density at radius 3 is 2.55 bits per heavy atom. The van der Waals surface area contributed by atoms with Gasteiger partial charge in [0.05, 0.1) is 17.7 Å². The molecule has 178 valence electrons. The number of pyridine rings is 1. The lowest BCUT2D eigenvalue weighted by Crippen LogP contribution is -2.48. The monoisotopic (exact) mass is 485 g/mol. The maximum Gasteiger partial charge on any atom is 0.522 e. The minimum atomic E-state index is -4.65. The second-order valence-electron chi connectivity index (χ2n) is 8.25. The van der Waals surface area contributed by atoms with E-state index in [0.717, 1.165) is 5.39 Å². The third kappa shape index (κ3) is 6.33. The minimum Gasteiger partial charge on any atom is -0.368 e. The summed E-state index contributed by atoms with van der Waals surface area (Å²) >= 11 is 5.97. The average molecular weight is 486 g/mol. The molecular formula is C22H23ClF3N3O4. The van der Waals surface area contributed by atoms with Crippen LogP contribution >= 0.6 is 11.6 Å². The summed E-state index contributed by atoms with van der Waals surface area (Å²) in [5.41, 5.74) is 0.986. The molecule has 0 radical (unpaired) electrons. The number of nitrogens with one attached hydrogen (secondary N) is 1. The van der Waals surface area contributed by atoms with Gasteiger partial charge in [0.15, 0.2) is 0 Å². The molecule has 2 aliphatic rings. The van der Waals surface area contributed by atoms with E-state index in [0.29, 0.717) is 42.2 Å². The molecule has 1 aromatic carbocycles. The largest absolute Gasteiger partial charge is 0.522 e. The zero-order valence-electron chi connectivity index (χ0n) is 17.6. The van der Waals surface area contributed by atoms with Crippen molar-refractivity contribution in [1.29, 1.82) is 0 Å².